The maximum atomic E-state index is 13.0. The summed E-state index contributed by atoms with van der Waals surface area (Å²) in [4.78, 5) is 42.2. The lowest BCUT2D eigenvalue weighted by Crippen LogP contribution is -2.41. The molecule has 1 aliphatic rings. The molecule has 0 bridgehead atoms. The second-order valence-electron chi connectivity index (χ2n) is 6.79. The molecule has 0 saturated heterocycles. The van der Waals surface area contributed by atoms with Gasteiger partial charge in [-0.15, -0.1) is 0 Å². The molecule has 3 rings (SSSR count). The van der Waals surface area contributed by atoms with E-state index in [1.807, 2.05) is 6.92 Å². The number of aryl methyl sites for hydroxylation is 2. The first kappa shape index (κ1) is 16.6. The molecule has 128 valence electrons. The van der Waals surface area contributed by atoms with E-state index in [1.165, 1.54) is 15.3 Å². The highest BCUT2D eigenvalue weighted by Crippen LogP contribution is 2.25. The summed E-state index contributed by atoms with van der Waals surface area (Å²) in [5, 5.41) is 0.450. The van der Waals surface area contributed by atoms with Crippen molar-refractivity contribution in [3.8, 4) is 0 Å². The molecule has 2 aromatic heterocycles. The summed E-state index contributed by atoms with van der Waals surface area (Å²) in [6.07, 6.45) is 4.20. The highest BCUT2D eigenvalue weighted by Gasteiger charge is 2.24. The SMILES string of the molecule is CCn1c(=O)n(CCC(C)C)c(=O)c2c3c(cnc21)C(=O)CCC3. The molecule has 2 heterocycles. The molecule has 2 aromatic rings. The van der Waals surface area contributed by atoms with Gasteiger partial charge in [-0.25, -0.2) is 9.78 Å². The first-order valence-corrected chi connectivity index (χ1v) is 8.64. The molecule has 0 aromatic carbocycles. The summed E-state index contributed by atoms with van der Waals surface area (Å²) >= 11 is 0. The van der Waals surface area contributed by atoms with Crippen LogP contribution in [0.1, 0.15) is 56.0 Å². The van der Waals surface area contributed by atoms with Crippen LogP contribution in [0.3, 0.4) is 0 Å². The molecule has 1 aliphatic carbocycles. The summed E-state index contributed by atoms with van der Waals surface area (Å²) in [5.74, 6) is 0.430. The Kier molecular flexibility index (Phi) is 4.39. The van der Waals surface area contributed by atoms with Crippen LogP contribution in [-0.2, 0) is 19.5 Å². The number of Topliss-reactive ketones (excluding diaryl/α,β-unsaturated/α-hetero) is 1. The Morgan fingerprint density at radius 3 is 2.58 bits per heavy atom. The number of pyridine rings is 1. The zero-order valence-corrected chi connectivity index (χ0v) is 14.5. The van der Waals surface area contributed by atoms with Gasteiger partial charge in [0.15, 0.2) is 5.78 Å². The summed E-state index contributed by atoms with van der Waals surface area (Å²) in [7, 11) is 0. The number of hydrogen-bond donors (Lipinski definition) is 0. The molecule has 0 spiro atoms. The van der Waals surface area contributed by atoms with Crippen molar-refractivity contribution in [1.29, 1.82) is 0 Å². The lowest BCUT2D eigenvalue weighted by Gasteiger charge is -2.19. The number of ketones is 1. The summed E-state index contributed by atoms with van der Waals surface area (Å²) in [5.41, 5.74) is 1.09. The molecule has 0 aliphatic heterocycles. The summed E-state index contributed by atoms with van der Waals surface area (Å²) < 4.78 is 2.85. The molecule has 0 unspecified atom stereocenters. The lowest BCUT2D eigenvalue weighted by atomic mass is 9.90. The van der Waals surface area contributed by atoms with Crippen molar-refractivity contribution < 1.29 is 4.79 Å². The Morgan fingerprint density at radius 1 is 1.17 bits per heavy atom. The average Bonchev–Trinajstić information content (AvgIpc) is 2.54. The number of rotatable bonds is 4. The highest BCUT2D eigenvalue weighted by atomic mass is 16.2. The molecule has 24 heavy (non-hydrogen) atoms. The van der Waals surface area contributed by atoms with Gasteiger partial charge in [-0.1, -0.05) is 13.8 Å². The van der Waals surface area contributed by atoms with Crippen LogP contribution in [0.2, 0.25) is 0 Å². The third-order valence-corrected chi connectivity index (χ3v) is 4.72. The second kappa shape index (κ2) is 6.34. The number of fused-ring (bicyclic) bond motifs is 3. The molecule has 0 amide bonds. The van der Waals surface area contributed by atoms with Gasteiger partial charge in [0, 0.05) is 31.3 Å². The zero-order valence-electron chi connectivity index (χ0n) is 14.5. The number of carbonyl (C=O) groups is 1. The molecule has 6 nitrogen and oxygen atoms in total. The minimum atomic E-state index is -0.315. The van der Waals surface area contributed by atoms with E-state index < -0.39 is 0 Å². The van der Waals surface area contributed by atoms with Crippen LogP contribution in [-0.4, -0.2) is 19.9 Å². The van der Waals surface area contributed by atoms with Crippen molar-refractivity contribution in [3.05, 3.63) is 38.2 Å². The average molecular weight is 329 g/mol. The van der Waals surface area contributed by atoms with Gasteiger partial charge in [-0.2, -0.15) is 0 Å². The van der Waals surface area contributed by atoms with Gasteiger partial charge in [0.05, 0.1) is 5.39 Å². The van der Waals surface area contributed by atoms with Gasteiger partial charge < -0.3 is 0 Å². The third kappa shape index (κ3) is 2.60. The van der Waals surface area contributed by atoms with Gasteiger partial charge in [0.1, 0.15) is 5.65 Å². The first-order valence-electron chi connectivity index (χ1n) is 8.64. The molecular formula is C18H23N3O3. The van der Waals surface area contributed by atoms with Gasteiger partial charge in [0.2, 0.25) is 0 Å². The fourth-order valence-corrected chi connectivity index (χ4v) is 3.36. The fraction of sp³-hybridized carbons (Fsp3) is 0.556. The van der Waals surface area contributed by atoms with E-state index >= 15 is 0 Å². The standard InChI is InChI=1S/C18H23N3O3/c1-4-20-16-15(12-6-5-7-14(22)13(12)10-19-16)17(23)21(18(20)24)9-8-11(2)3/h10-11H,4-9H2,1-3H3. The molecular weight excluding hydrogens is 306 g/mol. The van der Waals surface area contributed by atoms with Crippen LogP contribution >= 0.6 is 0 Å². The third-order valence-electron chi connectivity index (χ3n) is 4.72. The Bertz CT molecular complexity index is 922. The Hall–Kier alpha value is -2.24. The summed E-state index contributed by atoms with van der Waals surface area (Å²) in [6.45, 7) is 6.82. The van der Waals surface area contributed by atoms with E-state index in [-0.39, 0.29) is 17.0 Å². The van der Waals surface area contributed by atoms with E-state index in [2.05, 4.69) is 18.8 Å². The van der Waals surface area contributed by atoms with Gasteiger partial charge in [-0.05, 0) is 37.7 Å². The topological polar surface area (TPSA) is 74.0 Å². The molecule has 0 radical (unpaired) electrons. The Morgan fingerprint density at radius 2 is 1.92 bits per heavy atom. The molecule has 0 N–H and O–H groups in total. The van der Waals surface area contributed by atoms with Crippen LogP contribution in [0, 0.1) is 5.92 Å². The van der Waals surface area contributed by atoms with Crippen molar-refractivity contribution in [2.24, 2.45) is 5.92 Å². The van der Waals surface area contributed by atoms with E-state index in [9.17, 15) is 14.4 Å². The number of hydrogen-bond acceptors (Lipinski definition) is 4. The number of carbonyl (C=O) groups excluding carboxylic acids is 1. The van der Waals surface area contributed by atoms with Gasteiger partial charge >= 0.3 is 5.69 Å². The van der Waals surface area contributed by atoms with Crippen LogP contribution in [0.5, 0.6) is 0 Å². The lowest BCUT2D eigenvalue weighted by molar-refractivity contribution is 0.0972. The van der Waals surface area contributed by atoms with Crippen molar-refractivity contribution in [2.75, 3.05) is 0 Å². The van der Waals surface area contributed by atoms with Gasteiger partial charge in [-0.3, -0.25) is 18.7 Å². The molecule has 0 saturated carbocycles. The van der Waals surface area contributed by atoms with E-state index in [0.717, 1.165) is 18.4 Å². The normalized spacial score (nSPS) is 14.4. The van der Waals surface area contributed by atoms with Crippen molar-refractivity contribution in [2.45, 2.75) is 59.5 Å². The van der Waals surface area contributed by atoms with Crippen LogP contribution in [0.25, 0.3) is 11.0 Å². The molecule has 6 heteroatoms. The monoisotopic (exact) mass is 329 g/mol. The number of nitrogens with zero attached hydrogens (tertiary/aromatic N) is 3. The van der Waals surface area contributed by atoms with Crippen molar-refractivity contribution in [3.63, 3.8) is 0 Å². The highest BCUT2D eigenvalue weighted by molar-refractivity contribution is 6.01. The zero-order chi connectivity index (χ0) is 17.4. The molecule has 0 fully saturated rings. The maximum Gasteiger partial charge on any atom is 0.332 e. The Labute approximate surface area is 140 Å². The second-order valence-corrected chi connectivity index (χ2v) is 6.79. The largest absolute Gasteiger partial charge is 0.332 e. The van der Waals surface area contributed by atoms with E-state index in [0.29, 0.717) is 48.4 Å². The van der Waals surface area contributed by atoms with Crippen LogP contribution in [0.4, 0.5) is 0 Å². The van der Waals surface area contributed by atoms with Crippen molar-refractivity contribution in [1.82, 2.24) is 14.1 Å². The molecule has 0 atom stereocenters. The minimum Gasteiger partial charge on any atom is -0.294 e. The van der Waals surface area contributed by atoms with Crippen molar-refractivity contribution >= 4 is 16.8 Å². The minimum absolute atomic E-state index is 0.0352. The smallest absolute Gasteiger partial charge is 0.294 e. The number of aromatic nitrogens is 3. The Balaban J connectivity index is 2.36. The summed E-state index contributed by atoms with van der Waals surface area (Å²) in [6, 6.07) is 0. The van der Waals surface area contributed by atoms with Crippen LogP contribution < -0.4 is 11.2 Å². The quantitative estimate of drug-likeness (QED) is 0.861. The predicted molar refractivity (Wildman–Crippen MR) is 92.7 cm³/mol. The van der Waals surface area contributed by atoms with E-state index in [4.69, 9.17) is 0 Å². The predicted octanol–water partition coefficient (Wildman–Crippen LogP) is 2.14. The maximum absolute atomic E-state index is 13.0. The first-order chi connectivity index (χ1) is 11.5. The van der Waals surface area contributed by atoms with E-state index in [1.54, 1.807) is 0 Å². The fourth-order valence-electron chi connectivity index (χ4n) is 3.36. The van der Waals surface area contributed by atoms with Gasteiger partial charge in [0.25, 0.3) is 5.56 Å². The van der Waals surface area contributed by atoms with Crippen LogP contribution in [0.15, 0.2) is 15.8 Å².